The number of carbonyl (C=O) groups excluding carboxylic acids is 1. The molecule has 0 saturated carbocycles. The highest BCUT2D eigenvalue weighted by molar-refractivity contribution is 5.76. The topological polar surface area (TPSA) is 49.6 Å². The fraction of sp³-hybridized carbons (Fsp3) is 0.933. The Morgan fingerprint density at radius 2 is 1.79 bits per heavy atom. The molecule has 2 aliphatic heterocycles. The van der Waals surface area contributed by atoms with E-state index in [1.807, 2.05) is 11.8 Å². The molecule has 2 N–H and O–H groups in total. The van der Waals surface area contributed by atoms with Crippen molar-refractivity contribution in [2.45, 2.75) is 64.0 Å². The summed E-state index contributed by atoms with van der Waals surface area (Å²) in [5.41, 5.74) is 5.71. The fourth-order valence-electron chi connectivity index (χ4n) is 3.27. The van der Waals surface area contributed by atoms with Crippen LogP contribution in [0.5, 0.6) is 0 Å². The lowest BCUT2D eigenvalue weighted by molar-refractivity contribution is -0.133. The highest BCUT2D eigenvalue weighted by Gasteiger charge is 2.27. The Balaban J connectivity index is 1.70. The van der Waals surface area contributed by atoms with E-state index in [-0.39, 0.29) is 6.04 Å². The summed E-state index contributed by atoms with van der Waals surface area (Å²) in [7, 11) is 0. The van der Waals surface area contributed by atoms with Crippen LogP contribution in [0.4, 0.5) is 0 Å². The van der Waals surface area contributed by atoms with Gasteiger partial charge in [0.1, 0.15) is 0 Å². The van der Waals surface area contributed by atoms with E-state index >= 15 is 0 Å². The Morgan fingerprint density at radius 1 is 1.16 bits per heavy atom. The molecule has 0 radical (unpaired) electrons. The van der Waals surface area contributed by atoms with Crippen molar-refractivity contribution in [3.8, 4) is 0 Å². The molecule has 0 aromatic rings. The molecule has 0 spiro atoms. The second-order valence-electron chi connectivity index (χ2n) is 6.22. The number of rotatable bonds is 4. The summed E-state index contributed by atoms with van der Waals surface area (Å²) in [5.74, 6) is 0.300. The van der Waals surface area contributed by atoms with Crippen LogP contribution in [-0.4, -0.2) is 54.0 Å². The monoisotopic (exact) mass is 267 g/mol. The number of piperidine rings is 2. The molecular formula is C15H29N3O. The quantitative estimate of drug-likeness (QED) is 0.841. The van der Waals surface area contributed by atoms with Crippen LogP contribution in [0.1, 0.15) is 51.9 Å². The number of nitrogens with zero attached hydrogens (tertiary/aromatic N) is 2. The average molecular weight is 267 g/mol. The number of carbonyl (C=O) groups is 1. The van der Waals surface area contributed by atoms with Crippen LogP contribution >= 0.6 is 0 Å². The van der Waals surface area contributed by atoms with Crippen molar-refractivity contribution >= 4 is 5.91 Å². The van der Waals surface area contributed by atoms with E-state index in [0.29, 0.717) is 12.3 Å². The van der Waals surface area contributed by atoms with E-state index in [1.165, 1.54) is 32.4 Å². The standard InChI is InChI=1S/C15H29N3O/c1-13(16)5-6-15(19)18-11-7-14(8-12-18)17-9-3-2-4-10-17/h13-14H,2-12,16H2,1H3. The lowest BCUT2D eigenvalue weighted by atomic mass is 9.99. The van der Waals surface area contributed by atoms with Crippen molar-refractivity contribution < 1.29 is 4.79 Å². The minimum absolute atomic E-state index is 0.134. The van der Waals surface area contributed by atoms with Gasteiger partial charge in [-0.15, -0.1) is 0 Å². The fourth-order valence-corrected chi connectivity index (χ4v) is 3.27. The molecular weight excluding hydrogens is 238 g/mol. The van der Waals surface area contributed by atoms with Gasteiger partial charge >= 0.3 is 0 Å². The van der Waals surface area contributed by atoms with E-state index < -0.39 is 0 Å². The van der Waals surface area contributed by atoms with Gasteiger partial charge in [0.25, 0.3) is 0 Å². The predicted molar refractivity (Wildman–Crippen MR) is 77.9 cm³/mol. The van der Waals surface area contributed by atoms with Gasteiger partial charge in [-0.1, -0.05) is 6.42 Å². The molecule has 2 fully saturated rings. The van der Waals surface area contributed by atoms with E-state index in [2.05, 4.69) is 4.90 Å². The second kappa shape index (κ2) is 7.25. The molecule has 1 unspecified atom stereocenters. The number of amides is 1. The Kier molecular flexibility index (Phi) is 5.64. The van der Waals surface area contributed by atoms with Crippen LogP contribution in [0.3, 0.4) is 0 Å². The smallest absolute Gasteiger partial charge is 0.222 e. The van der Waals surface area contributed by atoms with Crippen molar-refractivity contribution in [2.75, 3.05) is 26.2 Å². The highest BCUT2D eigenvalue weighted by Crippen LogP contribution is 2.21. The van der Waals surface area contributed by atoms with Crippen LogP contribution in [0.25, 0.3) is 0 Å². The maximum atomic E-state index is 12.0. The molecule has 2 aliphatic rings. The third-order valence-corrected chi connectivity index (χ3v) is 4.54. The molecule has 1 atom stereocenters. The lowest BCUT2D eigenvalue weighted by Gasteiger charge is -2.40. The third kappa shape index (κ3) is 4.46. The number of hydrogen-bond donors (Lipinski definition) is 1. The zero-order valence-electron chi connectivity index (χ0n) is 12.3. The molecule has 0 aromatic carbocycles. The van der Waals surface area contributed by atoms with Gasteiger partial charge in [-0.05, 0) is 52.1 Å². The molecule has 2 heterocycles. The van der Waals surface area contributed by atoms with E-state index in [1.54, 1.807) is 0 Å². The number of hydrogen-bond acceptors (Lipinski definition) is 3. The molecule has 0 aliphatic carbocycles. The van der Waals surface area contributed by atoms with Crippen molar-refractivity contribution in [3.05, 3.63) is 0 Å². The Labute approximate surface area is 117 Å². The third-order valence-electron chi connectivity index (χ3n) is 4.54. The molecule has 19 heavy (non-hydrogen) atoms. The molecule has 0 bridgehead atoms. The van der Waals surface area contributed by atoms with Crippen LogP contribution < -0.4 is 5.73 Å². The van der Waals surface area contributed by atoms with Gasteiger partial charge in [-0.3, -0.25) is 4.79 Å². The first-order valence-electron chi connectivity index (χ1n) is 7.94. The Hall–Kier alpha value is -0.610. The SMILES string of the molecule is CC(N)CCC(=O)N1CCC(N2CCCCC2)CC1. The van der Waals surface area contributed by atoms with Gasteiger partial charge in [0, 0.05) is 31.6 Å². The first-order chi connectivity index (χ1) is 9.16. The molecule has 110 valence electrons. The zero-order chi connectivity index (χ0) is 13.7. The first kappa shape index (κ1) is 14.8. The molecule has 2 rings (SSSR count). The minimum Gasteiger partial charge on any atom is -0.343 e. The van der Waals surface area contributed by atoms with Gasteiger partial charge in [0.05, 0.1) is 0 Å². The van der Waals surface area contributed by atoms with E-state index in [9.17, 15) is 4.79 Å². The molecule has 4 heteroatoms. The van der Waals surface area contributed by atoms with Crippen LogP contribution in [0.2, 0.25) is 0 Å². The van der Waals surface area contributed by atoms with E-state index in [0.717, 1.165) is 38.4 Å². The summed E-state index contributed by atoms with van der Waals surface area (Å²) in [4.78, 5) is 16.7. The number of nitrogens with two attached hydrogens (primary N) is 1. The average Bonchev–Trinajstić information content (AvgIpc) is 2.46. The zero-order valence-corrected chi connectivity index (χ0v) is 12.3. The highest BCUT2D eigenvalue weighted by atomic mass is 16.2. The maximum Gasteiger partial charge on any atom is 0.222 e. The molecule has 1 amide bonds. The summed E-state index contributed by atoms with van der Waals surface area (Å²) in [6.07, 6.45) is 7.84. The first-order valence-corrected chi connectivity index (χ1v) is 7.94. The minimum atomic E-state index is 0.134. The lowest BCUT2D eigenvalue weighted by Crippen LogP contribution is -2.48. The number of likely N-dealkylation sites (tertiary alicyclic amines) is 2. The summed E-state index contributed by atoms with van der Waals surface area (Å²) < 4.78 is 0. The van der Waals surface area contributed by atoms with Gasteiger partial charge in [-0.2, -0.15) is 0 Å². The normalized spacial score (nSPS) is 24.4. The summed E-state index contributed by atoms with van der Waals surface area (Å²) in [5, 5.41) is 0. The van der Waals surface area contributed by atoms with Crippen LogP contribution in [-0.2, 0) is 4.79 Å². The second-order valence-corrected chi connectivity index (χ2v) is 6.22. The molecule has 2 saturated heterocycles. The van der Waals surface area contributed by atoms with Crippen LogP contribution in [0, 0.1) is 0 Å². The molecule has 0 aromatic heterocycles. The van der Waals surface area contributed by atoms with Crippen molar-refractivity contribution in [1.82, 2.24) is 9.80 Å². The summed E-state index contributed by atoms with van der Waals surface area (Å²) in [6.45, 7) is 6.39. The van der Waals surface area contributed by atoms with Gasteiger partial charge in [0.15, 0.2) is 0 Å². The Morgan fingerprint density at radius 3 is 2.37 bits per heavy atom. The van der Waals surface area contributed by atoms with Crippen molar-refractivity contribution in [3.63, 3.8) is 0 Å². The van der Waals surface area contributed by atoms with Gasteiger partial charge < -0.3 is 15.5 Å². The molecule has 4 nitrogen and oxygen atoms in total. The van der Waals surface area contributed by atoms with Gasteiger partial charge in [-0.25, -0.2) is 0 Å². The maximum absolute atomic E-state index is 12.0. The summed E-state index contributed by atoms with van der Waals surface area (Å²) >= 11 is 0. The van der Waals surface area contributed by atoms with Crippen molar-refractivity contribution in [2.24, 2.45) is 5.73 Å². The Bertz CT molecular complexity index is 279. The van der Waals surface area contributed by atoms with Crippen molar-refractivity contribution in [1.29, 1.82) is 0 Å². The largest absolute Gasteiger partial charge is 0.343 e. The summed E-state index contributed by atoms with van der Waals surface area (Å²) in [6, 6.07) is 0.854. The van der Waals surface area contributed by atoms with Gasteiger partial charge in [0.2, 0.25) is 5.91 Å². The van der Waals surface area contributed by atoms with E-state index in [4.69, 9.17) is 5.73 Å². The van der Waals surface area contributed by atoms with Crippen LogP contribution in [0.15, 0.2) is 0 Å². The predicted octanol–water partition coefficient (Wildman–Crippen LogP) is 1.59.